The predicted octanol–water partition coefficient (Wildman–Crippen LogP) is -0.701. The van der Waals surface area contributed by atoms with E-state index in [1.807, 2.05) is 0 Å². The predicted molar refractivity (Wildman–Crippen MR) is 75.6 cm³/mol. The monoisotopic (exact) mass is 327 g/mol. The molecule has 1 aliphatic heterocycles. The molecule has 0 amide bonds. The van der Waals surface area contributed by atoms with E-state index in [0.717, 1.165) is 0 Å². The molecule has 0 aliphatic carbocycles. The molecule has 1 aromatic rings. The van der Waals surface area contributed by atoms with Gasteiger partial charge in [0.2, 0.25) is 6.29 Å². The Kier molecular flexibility index (Phi) is 5.74. The Bertz CT molecular complexity index is 591. The van der Waals surface area contributed by atoms with Gasteiger partial charge in [0.1, 0.15) is 30.2 Å². The van der Waals surface area contributed by atoms with E-state index >= 15 is 0 Å². The van der Waals surface area contributed by atoms with Crippen LogP contribution in [0.2, 0.25) is 0 Å². The number of aliphatic hydroxyl groups is 5. The Morgan fingerprint density at radius 2 is 1.91 bits per heavy atom. The second-order valence-corrected chi connectivity index (χ2v) is 4.95. The van der Waals surface area contributed by atoms with Crippen molar-refractivity contribution in [1.29, 1.82) is 0 Å². The maximum absolute atomic E-state index is 9.91. The lowest BCUT2D eigenvalue weighted by Crippen LogP contribution is -2.60. The van der Waals surface area contributed by atoms with Gasteiger partial charge in [-0.05, 0) is 23.7 Å². The van der Waals surface area contributed by atoms with Crippen LogP contribution in [-0.4, -0.2) is 62.8 Å². The first kappa shape index (κ1) is 17.4. The minimum atomic E-state index is -1.56. The quantitative estimate of drug-likeness (QED) is 0.270. The van der Waals surface area contributed by atoms with E-state index in [0.29, 0.717) is 0 Å². The Morgan fingerprint density at radius 1 is 1.17 bits per heavy atom. The van der Waals surface area contributed by atoms with Gasteiger partial charge in [0.05, 0.1) is 13.2 Å². The Labute approximate surface area is 130 Å². The lowest BCUT2D eigenvalue weighted by molar-refractivity contribution is -0.277. The first-order valence-corrected chi connectivity index (χ1v) is 6.78. The van der Waals surface area contributed by atoms with E-state index in [9.17, 15) is 20.4 Å². The van der Waals surface area contributed by atoms with Crippen molar-refractivity contribution < 1.29 is 35.0 Å². The molecule has 23 heavy (non-hydrogen) atoms. The van der Waals surface area contributed by atoms with Crippen LogP contribution in [0.25, 0.3) is 10.4 Å². The van der Waals surface area contributed by atoms with Crippen LogP contribution in [0.1, 0.15) is 5.56 Å². The van der Waals surface area contributed by atoms with Gasteiger partial charge in [0.25, 0.3) is 0 Å². The largest absolute Gasteiger partial charge is 0.462 e. The fourth-order valence-electron chi connectivity index (χ4n) is 2.21. The van der Waals surface area contributed by atoms with Gasteiger partial charge in [-0.1, -0.05) is 5.11 Å². The van der Waals surface area contributed by atoms with Crippen LogP contribution < -0.4 is 4.74 Å². The minimum absolute atomic E-state index is 0.133. The summed E-state index contributed by atoms with van der Waals surface area (Å²) >= 11 is 0. The molecule has 0 unspecified atom stereocenters. The van der Waals surface area contributed by atoms with Gasteiger partial charge in [-0.25, -0.2) is 0 Å². The molecule has 1 aliphatic rings. The summed E-state index contributed by atoms with van der Waals surface area (Å²) in [4.78, 5) is 2.63. The average Bonchev–Trinajstić information content (AvgIpc) is 2.56. The van der Waals surface area contributed by atoms with E-state index in [2.05, 4.69) is 10.0 Å². The maximum atomic E-state index is 9.91. The average molecular weight is 327 g/mol. The highest BCUT2D eigenvalue weighted by Crippen LogP contribution is 2.29. The number of benzene rings is 1. The van der Waals surface area contributed by atoms with Crippen LogP contribution in [0.4, 0.5) is 5.69 Å². The van der Waals surface area contributed by atoms with Crippen molar-refractivity contribution in [3.05, 3.63) is 34.2 Å². The standard InChI is InChI=1S/C13H17N3O7/c14-16-15-7-1-2-8(6(3-7)4-17)22-13-12(21)11(20)10(19)9(5-18)23-13/h1-3,9-13,17-21H,4-5H2/t9-,10-,11+,12-,13-/m1/s1. The smallest absolute Gasteiger partial charge is 0.229 e. The highest BCUT2D eigenvalue weighted by molar-refractivity contribution is 5.47. The number of aliphatic hydroxyl groups excluding tert-OH is 5. The molecule has 126 valence electrons. The molecular weight excluding hydrogens is 310 g/mol. The van der Waals surface area contributed by atoms with Gasteiger partial charge in [0, 0.05) is 16.2 Å². The summed E-state index contributed by atoms with van der Waals surface area (Å²) in [5, 5.41) is 51.2. The fourth-order valence-corrected chi connectivity index (χ4v) is 2.21. The van der Waals surface area contributed by atoms with Gasteiger partial charge in [-0.15, -0.1) is 0 Å². The molecule has 1 saturated heterocycles. The van der Waals surface area contributed by atoms with E-state index in [1.165, 1.54) is 18.2 Å². The third kappa shape index (κ3) is 3.71. The van der Waals surface area contributed by atoms with Crippen LogP contribution in [0.15, 0.2) is 23.3 Å². The van der Waals surface area contributed by atoms with Gasteiger partial charge in [-0.3, -0.25) is 0 Å². The molecule has 0 aromatic heterocycles. The molecule has 10 heteroatoms. The summed E-state index contributed by atoms with van der Waals surface area (Å²) in [6.45, 7) is -1.00. The SMILES string of the molecule is [N-]=[N+]=Nc1ccc(O[C@@H]2O[C@H](CO)[C@@H](O)[C@H](O)[C@H]2O)c(CO)c1. The molecule has 1 aromatic carbocycles. The van der Waals surface area contributed by atoms with Gasteiger partial charge >= 0.3 is 0 Å². The first-order valence-electron chi connectivity index (χ1n) is 6.78. The minimum Gasteiger partial charge on any atom is -0.462 e. The summed E-state index contributed by atoms with van der Waals surface area (Å²) in [6, 6.07) is 4.22. The van der Waals surface area contributed by atoms with Gasteiger partial charge in [0.15, 0.2) is 0 Å². The zero-order valence-corrected chi connectivity index (χ0v) is 11.9. The Morgan fingerprint density at radius 3 is 2.52 bits per heavy atom. The lowest BCUT2D eigenvalue weighted by atomic mass is 9.99. The highest BCUT2D eigenvalue weighted by Gasteiger charge is 2.44. The molecular formula is C13H17N3O7. The maximum Gasteiger partial charge on any atom is 0.229 e. The molecule has 1 heterocycles. The number of hydrogen-bond acceptors (Lipinski definition) is 8. The topological polar surface area (TPSA) is 168 Å². The third-order valence-electron chi connectivity index (χ3n) is 3.47. The number of azide groups is 1. The molecule has 5 atom stereocenters. The normalized spacial score (nSPS) is 30.6. The summed E-state index contributed by atoms with van der Waals surface area (Å²) < 4.78 is 10.6. The summed E-state index contributed by atoms with van der Waals surface area (Å²) in [5.74, 6) is 0.133. The van der Waals surface area contributed by atoms with Crippen molar-refractivity contribution in [2.24, 2.45) is 5.11 Å². The number of hydrogen-bond donors (Lipinski definition) is 5. The molecule has 2 rings (SSSR count). The summed E-state index contributed by atoms with van der Waals surface area (Å²) in [7, 11) is 0. The molecule has 0 radical (unpaired) electrons. The number of nitrogens with zero attached hydrogens (tertiary/aromatic N) is 3. The summed E-state index contributed by atoms with van der Waals surface area (Å²) in [5.41, 5.74) is 8.93. The zero-order valence-electron chi connectivity index (χ0n) is 11.9. The van der Waals surface area contributed by atoms with Crippen molar-refractivity contribution in [1.82, 2.24) is 0 Å². The Hall–Kier alpha value is -1.91. The van der Waals surface area contributed by atoms with Crippen molar-refractivity contribution in [2.45, 2.75) is 37.3 Å². The molecule has 1 fully saturated rings. The Balaban J connectivity index is 2.22. The van der Waals surface area contributed by atoms with E-state index in [-0.39, 0.29) is 17.0 Å². The van der Waals surface area contributed by atoms with E-state index in [1.54, 1.807) is 0 Å². The van der Waals surface area contributed by atoms with Gasteiger partial charge in [-0.2, -0.15) is 0 Å². The van der Waals surface area contributed by atoms with Crippen molar-refractivity contribution in [3.8, 4) is 5.75 Å². The van der Waals surface area contributed by atoms with Gasteiger partial charge < -0.3 is 35.0 Å². The molecule has 0 bridgehead atoms. The molecule has 10 nitrogen and oxygen atoms in total. The first-order chi connectivity index (χ1) is 11.0. The van der Waals surface area contributed by atoms with Crippen molar-refractivity contribution in [2.75, 3.05) is 6.61 Å². The van der Waals surface area contributed by atoms with E-state index < -0.39 is 43.9 Å². The molecule has 0 saturated carbocycles. The van der Waals surface area contributed by atoms with E-state index in [4.69, 9.17) is 20.1 Å². The molecule has 0 spiro atoms. The van der Waals surface area contributed by atoms with Crippen LogP contribution in [0, 0.1) is 0 Å². The van der Waals surface area contributed by atoms with Crippen molar-refractivity contribution >= 4 is 5.69 Å². The summed E-state index contributed by atoms with van der Waals surface area (Å²) in [6.07, 6.45) is -7.07. The van der Waals surface area contributed by atoms with Crippen LogP contribution >= 0.6 is 0 Å². The lowest BCUT2D eigenvalue weighted by Gasteiger charge is -2.39. The van der Waals surface area contributed by atoms with Crippen LogP contribution in [-0.2, 0) is 11.3 Å². The van der Waals surface area contributed by atoms with Crippen LogP contribution in [0.3, 0.4) is 0 Å². The fraction of sp³-hybridized carbons (Fsp3) is 0.538. The molecule has 5 N–H and O–H groups in total. The number of ether oxygens (including phenoxy) is 2. The second kappa shape index (κ2) is 7.57. The van der Waals surface area contributed by atoms with Crippen molar-refractivity contribution in [3.63, 3.8) is 0 Å². The third-order valence-corrected chi connectivity index (χ3v) is 3.47. The second-order valence-electron chi connectivity index (χ2n) is 4.95. The van der Waals surface area contributed by atoms with Crippen LogP contribution in [0.5, 0.6) is 5.75 Å². The number of rotatable bonds is 5. The highest BCUT2D eigenvalue weighted by atomic mass is 16.7. The zero-order chi connectivity index (χ0) is 17.0.